The van der Waals surface area contributed by atoms with E-state index >= 15 is 0 Å². The number of rotatable bonds is 5. The summed E-state index contributed by atoms with van der Waals surface area (Å²) in [6, 6.07) is 5.15. The SMILES string of the molecule is COc1c(Cl)ncnc1NCC1CCCC(c2ccc(C(F)(F)F)cc2)O1. The molecule has 0 amide bonds. The lowest BCUT2D eigenvalue weighted by atomic mass is 9.97. The number of aromatic nitrogens is 2. The van der Waals surface area contributed by atoms with E-state index in [1.54, 1.807) is 0 Å². The number of anilines is 1. The lowest BCUT2D eigenvalue weighted by Gasteiger charge is -2.31. The van der Waals surface area contributed by atoms with E-state index in [2.05, 4.69) is 15.3 Å². The molecular formula is C18H19ClF3N3O2. The second-order valence-electron chi connectivity index (χ2n) is 6.22. The van der Waals surface area contributed by atoms with E-state index in [-0.39, 0.29) is 17.4 Å². The van der Waals surface area contributed by atoms with E-state index in [4.69, 9.17) is 21.1 Å². The van der Waals surface area contributed by atoms with Crippen LogP contribution in [0, 0.1) is 0 Å². The van der Waals surface area contributed by atoms with Gasteiger partial charge in [-0.15, -0.1) is 0 Å². The third-order valence-electron chi connectivity index (χ3n) is 4.42. The van der Waals surface area contributed by atoms with Gasteiger partial charge < -0.3 is 14.8 Å². The second-order valence-corrected chi connectivity index (χ2v) is 6.58. The Labute approximate surface area is 159 Å². The van der Waals surface area contributed by atoms with Gasteiger partial charge in [0.25, 0.3) is 0 Å². The minimum atomic E-state index is -4.34. The fourth-order valence-electron chi connectivity index (χ4n) is 3.05. The minimum absolute atomic E-state index is 0.107. The molecule has 1 aliphatic heterocycles. The zero-order chi connectivity index (χ0) is 19.4. The molecule has 27 heavy (non-hydrogen) atoms. The standard InChI is InChI=1S/C18H19ClF3N3O2/c1-26-15-16(19)24-10-25-17(15)23-9-13-3-2-4-14(27-13)11-5-7-12(8-6-11)18(20,21)22/h5-8,10,13-14H,2-4,9H2,1H3,(H,23,24,25). The Hall–Kier alpha value is -2.06. The molecule has 1 saturated heterocycles. The van der Waals surface area contributed by atoms with E-state index in [0.717, 1.165) is 37.0 Å². The normalized spacial score (nSPS) is 20.3. The first-order chi connectivity index (χ1) is 12.9. The summed E-state index contributed by atoms with van der Waals surface area (Å²) in [5.41, 5.74) is 0.0865. The third kappa shape index (κ3) is 4.81. The molecule has 0 bridgehead atoms. The van der Waals surface area contributed by atoms with E-state index in [1.165, 1.54) is 25.6 Å². The highest BCUT2D eigenvalue weighted by Gasteiger charge is 2.31. The number of hydrogen-bond acceptors (Lipinski definition) is 5. The molecule has 146 valence electrons. The monoisotopic (exact) mass is 401 g/mol. The molecular weight excluding hydrogens is 383 g/mol. The van der Waals surface area contributed by atoms with Gasteiger partial charge in [0.2, 0.25) is 0 Å². The molecule has 0 radical (unpaired) electrons. The number of methoxy groups -OCH3 is 1. The first-order valence-corrected chi connectivity index (χ1v) is 8.87. The van der Waals surface area contributed by atoms with Crippen molar-refractivity contribution in [2.24, 2.45) is 0 Å². The molecule has 2 heterocycles. The maximum absolute atomic E-state index is 12.7. The molecule has 1 N–H and O–H groups in total. The van der Waals surface area contributed by atoms with Crippen molar-refractivity contribution in [1.82, 2.24) is 9.97 Å². The first-order valence-electron chi connectivity index (χ1n) is 8.49. The zero-order valence-corrected chi connectivity index (χ0v) is 15.3. The van der Waals surface area contributed by atoms with Crippen molar-refractivity contribution < 1.29 is 22.6 Å². The van der Waals surface area contributed by atoms with Crippen LogP contribution in [0.5, 0.6) is 5.75 Å². The van der Waals surface area contributed by atoms with E-state index < -0.39 is 11.7 Å². The lowest BCUT2D eigenvalue weighted by Crippen LogP contribution is -2.29. The fraction of sp³-hybridized carbons (Fsp3) is 0.444. The Morgan fingerprint density at radius 1 is 1.22 bits per heavy atom. The minimum Gasteiger partial charge on any atom is -0.490 e. The average Bonchev–Trinajstić information content (AvgIpc) is 2.66. The van der Waals surface area contributed by atoms with Crippen molar-refractivity contribution in [3.63, 3.8) is 0 Å². The van der Waals surface area contributed by atoms with E-state index in [9.17, 15) is 13.2 Å². The Morgan fingerprint density at radius 3 is 2.63 bits per heavy atom. The Balaban J connectivity index is 1.62. The van der Waals surface area contributed by atoms with Gasteiger partial charge >= 0.3 is 6.18 Å². The van der Waals surface area contributed by atoms with Gasteiger partial charge in [-0.05, 0) is 37.0 Å². The van der Waals surface area contributed by atoms with Crippen molar-refractivity contribution in [1.29, 1.82) is 0 Å². The van der Waals surface area contributed by atoms with Gasteiger partial charge in [-0.2, -0.15) is 13.2 Å². The number of halogens is 4. The summed E-state index contributed by atoms with van der Waals surface area (Å²) in [7, 11) is 1.48. The highest BCUT2D eigenvalue weighted by molar-refractivity contribution is 6.31. The lowest BCUT2D eigenvalue weighted by molar-refractivity contribution is -0.137. The Kier molecular flexibility index (Phi) is 6.06. The fourth-order valence-corrected chi connectivity index (χ4v) is 3.26. The van der Waals surface area contributed by atoms with Crippen LogP contribution >= 0.6 is 11.6 Å². The number of hydrogen-bond donors (Lipinski definition) is 1. The van der Waals surface area contributed by atoms with E-state index in [1.807, 2.05) is 0 Å². The number of nitrogens with zero attached hydrogens (tertiary/aromatic N) is 2. The summed E-state index contributed by atoms with van der Waals surface area (Å²) >= 11 is 5.97. The molecule has 2 unspecified atom stereocenters. The van der Waals surface area contributed by atoms with Crippen LogP contribution in [0.15, 0.2) is 30.6 Å². The largest absolute Gasteiger partial charge is 0.490 e. The molecule has 2 aromatic rings. The van der Waals surface area contributed by atoms with Crippen molar-refractivity contribution in [2.45, 2.75) is 37.6 Å². The number of nitrogens with one attached hydrogen (secondary N) is 1. The molecule has 1 fully saturated rings. The van der Waals surface area contributed by atoms with Crippen LogP contribution < -0.4 is 10.1 Å². The molecule has 1 aromatic heterocycles. The van der Waals surface area contributed by atoms with Crippen molar-refractivity contribution >= 4 is 17.4 Å². The molecule has 1 aromatic carbocycles. The Morgan fingerprint density at radius 2 is 1.96 bits per heavy atom. The van der Waals surface area contributed by atoms with E-state index in [0.29, 0.717) is 18.1 Å². The predicted molar refractivity (Wildman–Crippen MR) is 95.0 cm³/mol. The molecule has 5 nitrogen and oxygen atoms in total. The van der Waals surface area contributed by atoms with Crippen LogP contribution in [-0.2, 0) is 10.9 Å². The molecule has 2 atom stereocenters. The quantitative estimate of drug-likeness (QED) is 0.724. The zero-order valence-electron chi connectivity index (χ0n) is 14.6. The molecule has 3 rings (SSSR count). The van der Waals surface area contributed by atoms with Gasteiger partial charge in [0.05, 0.1) is 24.9 Å². The summed E-state index contributed by atoms with van der Waals surface area (Å²) in [6.45, 7) is 0.473. The average molecular weight is 402 g/mol. The number of alkyl halides is 3. The number of benzene rings is 1. The van der Waals surface area contributed by atoms with Crippen LogP contribution in [-0.4, -0.2) is 29.7 Å². The molecule has 0 saturated carbocycles. The molecule has 9 heteroatoms. The topological polar surface area (TPSA) is 56.3 Å². The van der Waals surface area contributed by atoms with Gasteiger partial charge in [0.1, 0.15) is 6.33 Å². The summed E-state index contributed by atoms with van der Waals surface area (Å²) in [5, 5.41) is 3.35. The number of ether oxygens (including phenoxy) is 2. The van der Waals surface area contributed by atoms with Crippen LogP contribution in [0.4, 0.5) is 19.0 Å². The molecule has 0 spiro atoms. The maximum atomic E-state index is 12.7. The molecule has 1 aliphatic rings. The van der Waals surface area contributed by atoms with Crippen LogP contribution in [0.1, 0.15) is 36.5 Å². The third-order valence-corrected chi connectivity index (χ3v) is 4.69. The smallest absolute Gasteiger partial charge is 0.416 e. The summed E-state index contributed by atoms with van der Waals surface area (Å²) in [5.74, 6) is 0.826. The van der Waals surface area contributed by atoms with Gasteiger partial charge in [-0.1, -0.05) is 23.7 Å². The highest BCUT2D eigenvalue weighted by Crippen LogP contribution is 2.35. The molecule has 0 aliphatic carbocycles. The second kappa shape index (κ2) is 8.31. The first kappa shape index (κ1) is 19.7. The van der Waals surface area contributed by atoms with Crippen molar-refractivity contribution in [3.05, 3.63) is 46.9 Å². The van der Waals surface area contributed by atoms with Crippen LogP contribution in [0.25, 0.3) is 0 Å². The van der Waals surface area contributed by atoms with Crippen LogP contribution in [0.2, 0.25) is 5.15 Å². The van der Waals surface area contributed by atoms with Gasteiger partial charge in [-0.25, -0.2) is 9.97 Å². The summed E-state index contributed by atoms with van der Waals surface area (Å²) in [4.78, 5) is 7.97. The summed E-state index contributed by atoms with van der Waals surface area (Å²) < 4.78 is 49.4. The van der Waals surface area contributed by atoms with Crippen molar-refractivity contribution in [2.75, 3.05) is 19.0 Å². The van der Waals surface area contributed by atoms with Gasteiger partial charge in [0.15, 0.2) is 16.7 Å². The van der Waals surface area contributed by atoms with Crippen LogP contribution in [0.3, 0.4) is 0 Å². The van der Waals surface area contributed by atoms with Gasteiger partial charge in [-0.3, -0.25) is 0 Å². The van der Waals surface area contributed by atoms with Crippen molar-refractivity contribution in [3.8, 4) is 5.75 Å². The maximum Gasteiger partial charge on any atom is 0.416 e. The highest BCUT2D eigenvalue weighted by atomic mass is 35.5. The Bertz CT molecular complexity index is 771. The summed E-state index contributed by atoms with van der Waals surface area (Å²) in [6.07, 6.45) is -0.820. The predicted octanol–water partition coefficient (Wildman–Crippen LogP) is 4.88. The van der Waals surface area contributed by atoms with Gasteiger partial charge in [0, 0.05) is 6.54 Å².